The lowest BCUT2D eigenvalue weighted by atomic mass is 10.1. The third-order valence-electron chi connectivity index (χ3n) is 2.54. The number of hydrogen-bond donors (Lipinski definition) is 3. The second-order valence-corrected chi connectivity index (χ2v) is 3.90. The molecule has 0 aliphatic heterocycles. The van der Waals surface area contributed by atoms with E-state index in [1.165, 1.54) is 0 Å². The molecule has 0 unspecified atom stereocenters. The minimum atomic E-state index is -0.804. The number of carboxylic acids is 1. The number of unbranched alkanes of at least 4 members (excludes halogenated alkanes) is 1. The van der Waals surface area contributed by atoms with Crippen LogP contribution >= 0.6 is 0 Å². The number of para-hydroxylation sites is 1. The molecule has 3 N–H and O–H groups in total. The zero-order chi connectivity index (χ0) is 13.4. The van der Waals surface area contributed by atoms with Gasteiger partial charge in [-0.2, -0.15) is 0 Å². The van der Waals surface area contributed by atoms with Gasteiger partial charge in [0, 0.05) is 25.7 Å². The van der Waals surface area contributed by atoms with E-state index in [-0.39, 0.29) is 12.3 Å². The summed E-state index contributed by atoms with van der Waals surface area (Å²) in [6.45, 7) is 0.490. The molecule has 0 aliphatic rings. The van der Waals surface area contributed by atoms with Crippen molar-refractivity contribution in [3.8, 4) is 0 Å². The van der Waals surface area contributed by atoms with Crippen LogP contribution in [-0.2, 0) is 4.79 Å². The lowest BCUT2D eigenvalue weighted by molar-refractivity contribution is -0.137. The average molecular weight is 250 g/mol. The number of anilines is 1. The maximum Gasteiger partial charge on any atom is 0.303 e. The molecular weight excluding hydrogens is 232 g/mol. The van der Waals surface area contributed by atoms with Crippen molar-refractivity contribution in [2.45, 2.75) is 19.3 Å². The van der Waals surface area contributed by atoms with Gasteiger partial charge in [-0.15, -0.1) is 0 Å². The molecule has 0 saturated heterocycles. The molecule has 1 rings (SSSR count). The zero-order valence-corrected chi connectivity index (χ0v) is 10.4. The van der Waals surface area contributed by atoms with E-state index in [1.807, 2.05) is 12.1 Å². The molecule has 0 bridgehead atoms. The fourth-order valence-corrected chi connectivity index (χ4v) is 1.60. The maximum absolute atomic E-state index is 11.9. The Morgan fingerprint density at radius 2 is 1.94 bits per heavy atom. The van der Waals surface area contributed by atoms with E-state index in [1.54, 1.807) is 19.2 Å². The van der Waals surface area contributed by atoms with E-state index in [2.05, 4.69) is 10.6 Å². The highest BCUT2D eigenvalue weighted by molar-refractivity contribution is 5.99. The lowest BCUT2D eigenvalue weighted by Gasteiger charge is -2.09. The molecule has 0 atom stereocenters. The first kappa shape index (κ1) is 14.0. The number of hydrogen-bond acceptors (Lipinski definition) is 3. The normalized spacial score (nSPS) is 9.83. The van der Waals surface area contributed by atoms with Crippen LogP contribution < -0.4 is 10.6 Å². The number of benzene rings is 1. The predicted molar refractivity (Wildman–Crippen MR) is 69.8 cm³/mol. The Balaban J connectivity index is 2.38. The average Bonchev–Trinajstić information content (AvgIpc) is 2.37. The molecular formula is C13H18N2O3. The van der Waals surface area contributed by atoms with Crippen molar-refractivity contribution in [2.24, 2.45) is 0 Å². The molecule has 0 heterocycles. The first-order valence-corrected chi connectivity index (χ1v) is 5.92. The van der Waals surface area contributed by atoms with Crippen molar-refractivity contribution in [3.63, 3.8) is 0 Å². The number of nitrogens with one attached hydrogen (secondary N) is 2. The molecule has 0 fully saturated rings. The molecule has 1 amide bonds. The highest BCUT2D eigenvalue weighted by Gasteiger charge is 2.08. The van der Waals surface area contributed by atoms with Crippen molar-refractivity contribution in [2.75, 3.05) is 18.9 Å². The minimum absolute atomic E-state index is 0.142. The fourth-order valence-electron chi connectivity index (χ4n) is 1.60. The standard InChI is InChI=1S/C13H18N2O3/c1-14-11-7-3-2-6-10(11)13(18)15-9-5-4-8-12(16)17/h2-3,6-7,14H,4-5,8-9H2,1H3,(H,15,18)(H,16,17). The molecule has 5 nitrogen and oxygen atoms in total. The van der Waals surface area contributed by atoms with E-state index in [0.29, 0.717) is 24.9 Å². The molecule has 0 aliphatic carbocycles. The summed E-state index contributed by atoms with van der Waals surface area (Å²) in [5.41, 5.74) is 1.37. The summed E-state index contributed by atoms with van der Waals surface area (Å²) >= 11 is 0. The summed E-state index contributed by atoms with van der Waals surface area (Å²) in [5, 5.41) is 14.2. The summed E-state index contributed by atoms with van der Waals surface area (Å²) < 4.78 is 0. The minimum Gasteiger partial charge on any atom is -0.481 e. The van der Waals surface area contributed by atoms with Crippen LogP contribution in [0.1, 0.15) is 29.6 Å². The summed E-state index contributed by atoms with van der Waals surface area (Å²) in [6, 6.07) is 7.24. The summed E-state index contributed by atoms with van der Waals surface area (Å²) in [6.07, 6.45) is 1.38. The molecule has 1 aromatic rings. The van der Waals surface area contributed by atoms with Crippen LogP contribution in [0.5, 0.6) is 0 Å². The van der Waals surface area contributed by atoms with Gasteiger partial charge >= 0.3 is 5.97 Å². The Bertz CT molecular complexity index is 418. The number of aliphatic carboxylic acids is 1. The van der Waals surface area contributed by atoms with E-state index < -0.39 is 5.97 Å². The second kappa shape index (κ2) is 7.32. The van der Waals surface area contributed by atoms with Crippen LogP contribution in [0.25, 0.3) is 0 Å². The summed E-state index contributed by atoms with van der Waals surface area (Å²) in [5.74, 6) is -0.947. The fraction of sp³-hybridized carbons (Fsp3) is 0.385. The van der Waals surface area contributed by atoms with E-state index in [9.17, 15) is 9.59 Å². The Morgan fingerprint density at radius 3 is 2.61 bits per heavy atom. The topological polar surface area (TPSA) is 78.4 Å². The smallest absolute Gasteiger partial charge is 0.303 e. The van der Waals surface area contributed by atoms with Crippen LogP contribution in [0, 0.1) is 0 Å². The second-order valence-electron chi connectivity index (χ2n) is 3.90. The van der Waals surface area contributed by atoms with Gasteiger partial charge in [0.2, 0.25) is 0 Å². The van der Waals surface area contributed by atoms with Crippen molar-refractivity contribution in [1.29, 1.82) is 0 Å². The van der Waals surface area contributed by atoms with Crippen LogP contribution in [0.15, 0.2) is 24.3 Å². The Morgan fingerprint density at radius 1 is 1.22 bits per heavy atom. The monoisotopic (exact) mass is 250 g/mol. The van der Waals surface area contributed by atoms with Gasteiger partial charge in [-0.1, -0.05) is 12.1 Å². The highest BCUT2D eigenvalue weighted by atomic mass is 16.4. The van der Waals surface area contributed by atoms with Crippen LogP contribution in [0.3, 0.4) is 0 Å². The Kier molecular flexibility index (Phi) is 5.70. The van der Waals surface area contributed by atoms with Crippen molar-refractivity contribution in [3.05, 3.63) is 29.8 Å². The van der Waals surface area contributed by atoms with Gasteiger partial charge in [-0.05, 0) is 25.0 Å². The quantitative estimate of drug-likeness (QED) is 0.644. The molecule has 0 radical (unpaired) electrons. The van der Waals surface area contributed by atoms with Crippen molar-refractivity contribution in [1.82, 2.24) is 5.32 Å². The van der Waals surface area contributed by atoms with Gasteiger partial charge in [0.25, 0.3) is 5.91 Å². The number of carbonyl (C=O) groups excluding carboxylic acids is 1. The van der Waals surface area contributed by atoms with Gasteiger partial charge in [0.05, 0.1) is 5.56 Å². The van der Waals surface area contributed by atoms with Crippen molar-refractivity contribution < 1.29 is 14.7 Å². The van der Waals surface area contributed by atoms with E-state index >= 15 is 0 Å². The summed E-state index contributed by atoms with van der Waals surface area (Å²) in [7, 11) is 1.76. The third kappa shape index (κ3) is 4.45. The molecule has 0 spiro atoms. The van der Waals surface area contributed by atoms with Gasteiger partial charge in [0.15, 0.2) is 0 Å². The van der Waals surface area contributed by atoms with E-state index in [0.717, 1.165) is 5.69 Å². The summed E-state index contributed by atoms with van der Waals surface area (Å²) in [4.78, 5) is 22.2. The first-order chi connectivity index (χ1) is 8.65. The SMILES string of the molecule is CNc1ccccc1C(=O)NCCCCC(=O)O. The number of carboxylic acid groups (broad SMARTS) is 1. The third-order valence-corrected chi connectivity index (χ3v) is 2.54. The van der Waals surface area contributed by atoms with Gasteiger partial charge < -0.3 is 15.7 Å². The van der Waals surface area contributed by atoms with Gasteiger partial charge in [-0.3, -0.25) is 9.59 Å². The predicted octanol–water partition coefficient (Wildman–Crippen LogP) is 1.71. The van der Waals surface area contributed by atoms with Crippen LogP contribution in [0.4, 0.5) is 5.69 Å². The highest BCUT2D eigenvalue weighted by Crippen LogP contribution is 2.13. The molecule has 5 heteroatoms. The number of rotatable bonds is 7. The molecule has 98 valence electrons. The van der Waals surface area contributed by atoms with Crippen LogP contribution in [-0.4, -0.2) is 30.6 Å². The lowest BCUT2D eigenvalue weighted by Crippen LogP contribution is -2.25. The molecule has 0 saturated carbocycles. The molecule has 1 aromatic carbocycles. The van der Waals surface area contributed by atoms with Gasteiger partial charge in [0.1, 0.15) is 0 Å². The molecule has 18 heavy (non-hydrogen) atoms. The largest absolute Gasteiger partial charge is 0.481 e. The Labute approximate surface area is 106 Å². The first-order valence-electron chi connectivity index (χ1n) is 5.92. The van der Waals surface area contributed by atoms with Crippen LogP contribution in [0.2, 0.25) is 0 Å². The zero-order valence-electron chi connectivity index (χ0n) is 10.4. The molecule has 0 aromatic heterocycles. The van der Waals surface area contributed by atoms with E-state index in [4.69, 9.17) is 5.11 Å². The maximum atomic E-state index is 11.9. The number of carbonyl (C=O) groups is 2. The number of amides is 1. The Hall–Kier alpha value is -2.04. The van der Waals surface area contributed by atoms with Crippen molar-refractivity contribution >= 4 is 17.6 Å². The van der Waals surface area contributed by atoms with Gasteiger partial charge in [-0.25, -0.2) is 0 Å².